The number of aliphatic hydroxyl groups excluding tert-OH is 1. The molecule has 0 saturated heterocycles. The molecule has 106 valence electrons. The first-order valence-electron chi connectivity index (χ1n) is 6.30. The first kappa shape index (κ1) is 16.0. The molecule has 0 radical (unpaired) electrons. The van der Waals surface area contributed by atoms with E-state index in [9.17, 15) is 14.3 Å². The molecule has 0 heterocycles. The summed E-state index contributed by atoms with van der Waals surface area (Å²) >= 11 is 1.43. The Morgan fingerprint density at radius 3 is 2.58 bits per heavy atom. The van der Waals surface area contributed by atoms with Crippen molar-refractivity contribution in [3.63, 3.8) is 0 Å². The number of hydrogen-bond acceptors (Lipinski definition) is 3. The molecule has 0 aromatic heterocycles. The lowest BCUT2D eigenvalue weighted by atomic mass is 10.1. The van der Waals surface area contributed by atoms with Crippen molar-refractivity contribution in [3.05, 3.63) is 35.6 Å². The van der Waals surface area contributed by atoms with Gasteiger partial charge in [-0.1, -0.05) is 19.1 Å². The Bertz CT molecular complexity index is 395. The lowest BCUT2D eigenvalue weighted by Gasteiger charge is -2.13. The Balaban J connectivity index is 2.18. The van der Waals surface area contributed by atoms with Crippen LogP contribution in [0.3, 0.4) is 0 Å². The SMILES string of the molecule is CC(O)C(C)SCC(=O)NCCc1ccc(F)cc1. The van der Waals surface area contributed by atoms with E-state index in [2.05, 4.69) is 5.32 Å². The van der Waals surface area contributed by atoms with Gasteiger partial charge in [0.1, 0.15) is 5.82 Å². The molecule has 19 heavy (non-hydrogen) atoms. The van der Waals surface area contributed by atoms with Crippen molar-refractivity contribution >= 4 is 17.7 Å². The van der Waals surface area contributed by atoms with Gasteiger partial charge >= 0.3 is 0 Å². The van der Waals surface area contributed by atoms with Gasteiger partial charge in [0.25, 0.3) is 0 Å². The van der Waals surface area contributed by atoms with Crippen LogP contribution >= 0.6 is 11.8 Å². The molecular formula is C14H20FNO2S. The Morgan fingerprint density at radius 2 is 2.00 bits per heavy atom. The van der Waals surface area contributed by atoms with Crippen LogP contribution in [-0.2, 0) is 11.2 Å². The number of rotatable bonds is 7. The normalized spacial score (nSPS) is 13.9. The second-order valence-electron chi connectivity index (χ2n) is 4.48. The summed E-state index contributed by atoms with van der Waals surface area (Å²) in [6.07, 6.45) is 0.264. The molecule has 2 N–H and O–H groups in total. The molecule has 1 rings (SSSR count). The Kier molecular flexibility index (Phi) is 6.87. The number of nitrogens with one attached hydrogen (secondary N) is 1. The molecule has 0 aliphatic carbocycles. The zero-order chi connectivity index (χ0) is 14.3. The maximum atomic E-state index is 12.7. The number of halogens is 1. The predicted molar refractivity (Wildman–Crippen MR) is 76.7 cm³/mol. The van der Waals surface area contributed by atoms with Crippen molar-refractivity contribution in [1.29, 1.82) is 0 Å². The lowest BCUT2D eigenvalue weighted by Crippen LogP contribution is -2.29. The molecule has 3 nitrogen and oxygen atoms in total. The van der Waals surface area contributed by atoms with E-state index < -0.39 is 6.10 Å². The summed E-state index contributed by atoms with van der Waals surface area (Å²) in [4.78, 5) is 11.5. The van der Waals surface area contributed by atoms with Gasteiger partial charge in [0, 0.05) is 11.8 Å². The molecule has 1 aromatic carbocycles. The summed E-state index contributed by atoms with van der Waals surface area (Å²) in [7, 11) is 0. The zero-order valence-electron chi connectivity index (χ0n) is 11.2. The van der Waals surface area contributed by atoms with E-state index in [-0.39, 0.29) is 17.0 Å². The molecule has 1 amide bonds. The number of thioether (sulfide) groups is 1. The summed E-state index contributed by atoms with van der Waals surface area (Å²) in [6.45, 7) is 4.14. The van der Waals surface area contributed by atoms with Crippen LogP contribution in [-0.4, -0.2) is 34.7 Å². The average Bonchev–Trinajstić information content (AvgIpc) is 2.38. The highest BCUT2D eigenvalue weighted by Crippen LogP contribution is 2.13. The lowest BCUT2D eigenvalue weighted by molar-refractivity contribution is -0.118. The highest BCUT2D eigenvalue weighted by atomic mass is 32.2. The molecular weight excluding hydrogens is 265 g/mol. The second-order valence-corrected chi connectivity index (χ2v) is 5.85. The molecule has 0 spiro atoms. The molecule has 5 heteroatoms. The molecule has 2 unspecified atom stereocenters. The summed E-state index contributed by atoms with van der Waals surface area (Å²) in [6, 6.07) is 6.26. The van der Waals surface area contributed by atoms with Gasteiger partial charge in [-0.25, -0.2) is 4.39 Å². The van der Waals surface area contributed by atoms with Gasteiger partial charge in [-0.3, -0.25) is 4.79 Å². The van der Waals surface area contributed by atoms with Crippen LogP contribution in [0.2, 0.25) is 0 Å². The van der Waals surface area contributed by atoms with Gasteiger partial charge in [0.05, 0.1) is 11.9 Å². The number of benzene rings is 1. The van der Waals surface area contributed by atoms with Gasteiger partial charge in [-0.15, -0.1) is 11.8 Å². The van der Waals surface area contributed by atoms with Crippen molar-refractivity contribution in [2.45, 2.75) is 31.6 Å². The van der Waals surface area contributed by atoms with Gasteiger partial charge < -0.3 is 10.4 Å². The van der Waals surface area contributed by atoms with E-state index in [1.54, 1.807) is 19.1 Å². The van der Waals surface area contributed by atoms with Crippen LogP contribution in [0.15, 0.2) is 24.3 Å². The molecule has 0 aliphatic rings. The molecule has 1 aromatic rings. The number of carbonyl (C=O) groups excluding carboxylic acids is 1. The smallest absolute Gasteiger partial charge is 0.230 e. The topological polar surface area (TPSA) is 49.3 Å². The van der Waals surface area contributed by atoms with Gasteiger partial charge in [0.15, 0.2) is 0 Å². The van der Waals surface area contributed by atoms with Crippen LogP contribution < -0.4 is 5.32 Å². The fourth-order valence-corrected chi connectivity index (χ4v) is 2.19. The number of hydrogen-bond donors (Lipinski definition) is 2. The quantitative estimate of drug-likeness (QED) is 0.805. The molecule has 0 saturated carbocycles. The van der Waals surface area contributed by atoms with E-state index in [1.165, 1.54) is 23.9 Å². The summed E-state index contributed by atoms with van der Waals surface area (Å²) in [5, 5.41) is 12.1. The largest absolute Gasteiger partial charge is 0.392 e. The average molecular weight is 285 g/mol. The van der Waals surface area contributed by atoms with E-state index in [1.807, 2.05) is 6.92 Å². The minimum Gasteiger partial charge on any atom is -0.392 e. The fraction of sp³-hybridized carbons (Fsp3) is 0.500. The summed E-state index contributed by atoms with van der Waals surface area (Å²) < 4.78 is 12.7. The maximum absolute atomic E-state index is 12.7. The molecule has 0 aliphatic heterocycles. The van der Waals surface area contributed by atoms with Crippen LogP contribution in [0.5, 0.6) is 0 Å². The molecule has 0 bridgehead atoms. The van der Waals surface area contributed by atoms with Crippen LogP contribution in [0.25, 0.3) is 0 Å². The number of amides is 1. The first-order valence-corrected chi connectivity index (χ1v) is 7.34. The first-order chi connectivity index (χ1) is 8.99. The zero-order valence-corrected chi connectivity index (χ0v) is 12.0. The third-order valence-corrected chi connectivity index (χ3v) is 4.15. The van der Waals surface area contributed by atoms with Crippen molar-refractivity contribution in [2.75, 3.05) is 12.3 Å². The fourth-order valence-electron chi connectivity index (χ4n) is 1.39. The standard InChI is InChI=1S/C14H20FNO2S/c1-10(17)11(2)19-9-14(18)16-8-7-12-3-5-13(15)6-4-12/h3-6,10-11,17H,7-9H2,1-2H3,(H,16,18). The summed E-state index contributed by atoms with van der Waals surface area (Å²) in [5.41, 5.74) is 0.992. The van der Waals surface area contributed by atoms with E-state index in [0.717, 1.165) is 5.56 Å². The summed E-state index contributed by atoms with van der Waals surface area (Å²) in [5.74, 6) is 0.0473. The van der Waals surface area contributed by atoms with Crippen molar-refractivity contribution in [3.8, 4) is 0 Å². The van der Waals surface area contributed by atoms with E-state index in [0.29, 0.717) is 18.7 Å². The minimum atomic E-state index is -0.419. The highest BCUT2D eigenvalue weighted by molar-refractivity contribution is 8.00. The van der Waals surface area contributed by atoms with E-state index >= 15 is 0 Å². The Hall–Kier alpha value is -1.07. The van der Waals surface area contributed by atoms with Crippen LogP contribution in [0, 0.1) is 5.82 Å². The van der Waals surface area contributed by atoms with Gasteiger partial charge in [-0.2, -0.15) is 0 Å². The Morgan fingerprint density at radius 1 is 1.37 bits per heavy atom. The minimum absolute atomic E-state index is 0.0420. The monoisotopic (exact) mass is 285 g/mol. The number of carbonyl (C=O) groups is 1. The van der Waals surface area contributed by atoms with Crippen molar-refractivity contribution < 1.29 is 14.3 Å². The van der Waals surface area contributed by atoms with Crippen molar-refractivity contribution in [1.82, 2.24) is 5.32 Å². The van der Waals surface area contributed by atoms with E-state index in [4.69, 9.17) is 0 Å². The van der Waals surface area contributed by atoms with Gasteiger partial charge in [-0.05, 0) is 31.0 Å². The van der Waals surface area contributed by atoms with Crippen LogP contribution in [0.4, 0.5) is 4.39 Å². The highest BCUT2D eigenvalue weighted by Gasteiger charge is 2.11. The van der Waals surface area contributed by atoms with Crippen LogP contribution in [0.1, 0.15) is 19.4 Å². The maximum Gasteiger partial charge on any atom is 0.230 e. The van der Waals surface area contributed by atoms with Gasteiger partial charge in [0.2, 0.25) is 5.91 Å². The second kappa shape index (κ2) is 8.17. The predicted octanol–water partition coefficient (Wildman–Crippen LogP) is 1.99. The Labute approximate surface area is 117 Å². The third-order valence-electron chi connectivity index (χ3n) is 2.81. The third kappa shape index (κ3) is 6.59. The molecule has 0 fully saturated rings. The molecule has 2 atom stereocenters. The number of aliphatic hydroxyl groups is 1. The van der Waals surface area contributed by atoms with Crippen molar-refractivity contribution in [2.24, 2.45) is 0 Å².